The van der Waals surface area contributed by atoms with Gasteiger partial charge >= 0.3 is 0 Å². The number of nitrogens with two attached hydrogens (primary N) is 1. The molecule has 0 radical (unpaired) electrons. The number of carbonyl (C=O) groups excluding carboxylic acids is 1. The highest BCUT2D eigenvalue weighted by Crippen LogP contribution is 2.43. The zero-order valence-electron chi connectivity index (χ0n) is 22.1. The molecule has 0 saturated carbocycles. The summed E-state index contributed by atoms with van der Waals surface area (Å²) < 4.78 is 22.9. The number of hydrogen-bond acceptors (Lipinski definition) is 7. The first-order chi connectivity index (χ1) is 19.1. The summed E-state index contributed by atoms with van der Waals surface area (Å²) in [6, 6.07) is 16.7. The van der Waals surface area contributed by atoms with E-state index in [0.717, 1.165) is 5.69 Å². The van der Waals surface area contributed by atoms with Crippen molar-refractivity contribution in [3.63, 3.8) is 0 Å². The summed E-state index contributed by atoms with van der Waals surface area (Å²) in [7, 11) is 0. The molecular formula is C30H27FN6O3. The molecule has 0 saturated heterocycles. The van der Waals surface area contributed by atoms with Crippen LogP contribution in [0.3, 0.4) is 0 Å². The van der Waals surface area contributed by atoms with Crippen LogP contribution < -0.4 is 15.8 Å². The standard InChI is InChI=1S/C30H27FN6O3/c1-5-23(38)36-19-11-9-18(10-12-19)27-25(30(3,4)39)26-28(29(32)34-16-33-26)37(27)20-13-14-22(21(31)15-20)40-24-8-6-7-17(2)35-24/h5-16,39H,1H2,2-4H3,(H,36,38)(H2,32,33,34). The molecule has 3 aromatic heterocycles. The summed E-state index contributed by atoms with van der Waals surface area (Å²) in [6.45, 7) is 8.56. The molecule has 0 fully saturated rings. The Balaban J connectivity index is 1.72. The number of nitrogens with one attached hydrogen (secondary N) is 1. The second-order valence-electron chi connectivity index (χ2n) is 9.68. The van der Waals surface area contributed by atoms with Gasteiger partial charge in [-0.1, -0.05) is 24.8 Å². The summed E-state index contributed by atoms with van der Waals surface area (Å²) >= 11 is 0. The molecule has 0 aliphatic carbocycles. The maximum absolute atomic E-state index is 15.5. The number of ether oxygens (including phenoxy) is 1. The molecule has 5 aromatic rings. The van der Waals surface area contributed by atoms with Crippen LogP contribution in [0.2, 0.25) is 0 Å². The van der Waals surface area contributed by atoms with E-state index in [-0.39, 0.29) is 23.4 Å². The fourth-order valence-electron chi connectivity index (χ4n) is 4.55. The van der Waals surface area contributed by atoms with E-state index >= 15 is 4.39 Å². The maximum atomic E-state index is 15.5. The van der Waals surface area contributed by atoms with Crippen molar-refractivity contribution < 1.29 is 19.0 Å². The normalized spacial score (nSPS) is 11.4. The van der Waals surface area contributed by atoms with Crippen LogP contribution >= 0.6 is 0 Å². The van der Waals surface area contributed by atoms with E-state index < -0.39 is 11.4 Å². The molecule has 40 heavy (non-hydrogen) atoms. The predicted octanol–water partition coefficient (Wildman–Crippen LogP) is 5.66. The minimum Gasteiger partial charge on any atom is -0.436 e. The number of hydrogen-bond donors (Lipinski definition) is 3. The highest BCUT2D eigenvalue weighted by molar-refractivity contribution is 6.00. The summed E-state index contributed by atoms with van der Waals surface area (Å²) in [5.74, 6) is -0.558. The molecule has 0 bridgehead atoms. The number of benzene rings is 2. The van der Waals surface area contributed by atoms with Gasteiger partial charge in [0.25, 0.3) is 0 Å². The first-order valence-corrected chi connectivity index (χ1v) is 12.4. The number of fused-ring (bicyclic) bond motifs is 1. The Labute approximate surface area is 229 Å². The lowest BCUT2D eigenvalue weighted by molar-refractivity contribution is -0.111. The Bertz CT molecular complexity index is 1760. The number of pyridine rings is 1. The molecule has 2 aromatic carbocycles. The molecule has 202 valence electrons. The van der Waals surface area contributed by atoms with Gasteiger partial charge in [-0.3, -0.25) is 4.79 Å². The fraction of sp³-hybridized carbons (Fsp3) is 0.133. The van der Waals surface area contributed by atoms with Gasteiger partial charge in [0.05, 0.1) is 11.3 Å². The smallest absolute Gasteiger partial charge is 0.247 e. The molecule has 0 unspecified atom stereocenters. The monoisotopic (exact) mass is 538 g/mol. The fourth-order valence-corrected chi connectivity index (χ4v) is 4.55. The van der Waals surface area contributed by atoms with Gasteiger partial charge in [0.15, 0.2) is 17.4 Å². The van der Waals surface area contributed by atoms with Gasteiger partial charge in [-0.2, -0.15) is 0 Å². The number of amides is 1. The van der Waals surface area contributed by atoms with Crippen molar-refractivity contribution in [1.82, 2.24) is 19.5 Å². The molecule has 0 aliphatic rings. The number of nitrogens with zero attached hydrogens (tertiary/aromatic N) is 4. The number of rotatable bonds is 7. The third-order valence-corrected chi connectivity index (χ3v) is 6.25. The number of aromatic nitrogens is 4. The molecule has 5 rings (SSSR count). The van der Waals surface area contributed by atoms with Crippen molar-refractivity contribution in [3.05, 3.63) is 96.7 Å². The molecule has 4 N–H and O–H groups in total. The summed E-state index contributed by atoms with van der Waals surface area (Å²) in [5, 5.41) is 14.0. The molecule has 9 nitrogen and oxygen atoms in total. The van der Waals surface area contributed by atoms with Gasteiger partial charge in [-0.05, 0) is 62.7 Å². The third kappa shape index (κ3) is 4.99. The quantitative estimate of drug-likeness (QED) is 0.228. The summed E-state index contributed by atoms with van der Waals surface area (Å²) in [5.41, 5.74) is 9.17. The van der Waals surface area contributed by atoms with E-state index in [9.17, 15) is 9.90 Å². The van der Waals surface area contributed by atoms with E-state index in [4.69, 9.17) is 10.5 Å². The molecule has 10 heteroatoms. The molecular weight excluding hydrogens is 511 g/mol. The van der Waals surface area contributed by atoms with Crippen molar-refractivity contribution in [3.8, 4) is 28.6 Å². The average Bonchev–Trinajstić information content (AvgIpc) is 3.27. The van der Waals surface area contributed by atoms with Gasteiger partial charge in [0.1, 0.15) is 17.4 Å². The third-order valence-electron chi connectivity index (χ3n) is 6.25. The Morgan fingerprint density at radius 3 is 2.55 bits per heavy atom. The zero-order valence-corrected chi connectivity index (χ0v) is 22.1. The number of carbonyl (C=O) groups is 1. The van der Waals surface area contributed by atoms with Gasteiger partial charge in [0, 0.05) is 34.8 Å². The molecule has 0 spiro atoms. The molecule has 0 atom stereocenters. The van der Waals surface area contributed by atoms with E-state index in [1.165, 1.54) is 24.5 Å². The summed E-state index contributed by atoms with van der Waals surface area (Å²) in [4.78, 5) is 24.6. The molecule has 3 heterocycles. The molecule has 1 amide bonds. The largest absolute Gasteiger partial charge is 0.436 e. The van der Waals surface area contributed by atoms with Crippen LogP contribution in [0.4, 0.5) is 15.9 Å². The average molecular weight is 539 g/mol. The van der Waals surface area contributed by atoms with E-state index in [0.29, 0.717) is 39.2 Å². The van der Waals surface area contributed by atoms with Crippen molar-refractivity contribution in [2.75, 3.05) is 11.1 Å². The number of halogens is 1. The maximum Gasteiger partial charge on any atom is 0.247 e. The summed E-state index contributed by atoms with van der Waals surface area (Å²) in [6.07, 6.45) is 2.50. The van der Waals surface area contributed by atoms with Crippen LogP contribution in [0.1, 0.15) is 25.1 Å². The van der Waals surface area contributed by atoms with Crippen LogP contribution in [0, 0.1) is 12.7 Å². The number of aryl methyl sites for hydroxylation is 1. The lowest BCUT2D eigenvalue weighted by Gasteiger charge is -2.21. The van der Waals surface area contributed by atoms with E-state index in [2.05, 4.69) is 26.8 Å². The highest BCUT2D eigenvalue weighted by atomic mass is 19.1. The van der Waals surface area contributed by atoms with Crippen molar-refractivity contribution >= 4 is 28.4 Å². The Hall–Kier alpha value is -5.09. The Morgan fingerprint density at radius 1 is 1.15 bits per heavy atom. The van der Waals surface area contributed by atoms with Crippen molar-refractivity contribution in [1.29, 1.82) is 0 Å². The Morgan fingerprint density at radius 2 is 1.90 bits per heavy atom. The minimum atomic E-state index is -1.37. The highest BCUT2D eigenvalue weighted by Gasteiger charge is 2.32. The van der Waals surface area contributed by atoms with Gasteiger partial charge in [-0.15, -0.1) is 0 Å². The second-order valence-corrected chi connectivity index (χ2v) is 9.68. The topological polar surface area (TPSA) is 128 Å². The minimum absolute atomic E-state index is 0.00546. The van der Waals surface area contributed by atoms with E-state index in [1.54, 1.807) is 60.9 Å². The zero-order chi connectivity index (χ0) is 28.6. The van der Waals surface area contributed by atoms with Crippen LogP contribution in [0.15, 0.2) is 79.6 Å². The van der Waals surface area contributed by atoms with Crippen LogP contribution in [0.5, 0.6) is 11.6 Å². The first kappa shape index (κ1) is 26.5. The van der Waals surface area contributed by atoms with Crippen LogP contribution in [0.25, 0.3) is 28.0 Å². The second kappa shape index (κ2) is 10.2. The van der Waals surface area contributed by atoms with Crippen molar-refractivity contribution in [2.45, 2.75) is 26.4 Å². The molecule has 0 aliphatic heterocycles. The first-order valence-electron chi connectivity index (χ1n) is 12.4. The predicted molar refractivity (Wildman–Crippen MR) is 152 cm³/mol. The van der Waals surface area contributed by atoms with Crippen molar-refractivity contribution in [2.24, 2.45) is 0 Å². The van der Waals surface area contributed by atoms with Gasteiger partial charge in [0.2, 0.25) is 11.8 Å². The Kier molecular flexibility index (Phi) is 6.78. The number of aliphatic hydroxyl groups is 1. The van der Waals surface area contributed by atoms with Crippen LogP contribution in [-0.2, 0) is 10.4 Å². The van der Waals surface area contributed by atoms with Gasteiger partial charge in [-0.25, -0.2) is 19.3 Å². The van der Waals surface area contributed by atoms with Crippen LogP contribution in [-0.4, -0.2) is 30.5 Å². The number of anilines is 2. The lowest BCUT2D eigenvalue weighted by Crippen LogP contribution is -2.17. The van der Waals surface area contributed by atoms with E-state index in [1.807, 2.05) is 13.0 Å². The SMILES string of the molecule is C=CC(=O)Nc1ccc(-c2c(C(C)(C)O)c3ncnc(N)c3n2-c2ccc(Oc3cccc(C)n3)c(F)c2)cc1. The number of nitrogen functional groups attached to an aromatic ring is 1. The lowest BCUT2D eigenvalue weighted by atomic mass is 9.94. The van der Waals surface area contributed by atoms with Gasteiger partial charge < -0.3 is 25.5 Å².